The lowest BCUT2D eigenvalue weighted by Gasteiger charge is -2.29. The molecule has 0 aliphatic carbocycles. The molecule has 0 saturated heterocycles. The van der Waals surface area contributed by atoms with Gasteiger partial charge in [-0.05, 0) is 185 Å². The molecule has 0 aliphatic heterocycles. The number of methoxy groups -OCH3 is 4. The first-order chi connectivity index (χ1) is 35.3. The number of ether oxygens (including phenoxy) is 8. The molecule has 4 aromatic rings. The molecule has 0 bridgehead atoms. The lowest BCUT2D eigenvalue weighted by molar-refractivity contribution is -0.143. The van der Waals surface area contributed by atoms with Gasteiger partial charge in [0.05, 0.1) is 50.1 Å². The van der Waals surface area contributed by atoms with Crippen molar-refractivity contribution in [3.63, 3.8) is 0 Å². The van der Waals surface area contributed by atoms with Crippen molar-refractivity contribution in [2.24, 2.45) is 21.7 Å². The summed E-state index contributed by atoms with van der Waals surface area (Å²) in [6.45, 7) is 33.5. The fraction of sp³-hybridized carbons (Fsp3) is 0.460. The molecule has 0 aliphatic rings. The van der Waals surface area contributed by atoms with E-state index in [9.17, 15) is 28.8 Å². The first-order valence-corrected chi connectivity index (χ1v) is 25.5. The van der Waals surface area contributed by atoms with E-state index < -0.39 is 39.0 Å². The van der Waals surface area contributed by atoms with Gasteiger partial charge in [-0.3, -0.25) is 28.8 Å². The summed E-state index contributed by atoms with van der Waals surface area (Å²) in [5.41, 5.74) is 0.0254. The van der Waals surface area contributed by atoms with E-state index in [4.69, 9.17) is 37.9 Å². The highest BCUT2D eigenvalue weighted by Crippen LogP contribution is 2.50. The van der Waals surface area contributed by atoms with Gasteiger partial charge in [0.15, 0.2) is 34.6 Å². The molecule has 0 atom stereocenters. The van der Waals surface area contributed by atoms with Gasteiger partial charge in [-0.1, -0.05) is 41.5 Å². The molecule has 0 fully saturated rings. The Morgan fingerprint density at radius 2 is 0.675 bits per heavy atom. The Hall–Kier alpha value is -7.22. The standard InChI is InChI=1S/C32H42O7.C31H40O7/c1-12-32(8,9)23-19-21(25(36-10)27(37-11)26(23)39-29(35)31(5,6)7)15-18-24(33)20-13-16-22(17-14-20)38-28(34)30(2,3)4;1-29(2,3)22-18-20(24(35-10)26(36-11)25(22)38-28(34)31(7,8)9)14-17-23(32)19-12-15-21(16-13-19)37-27(33)30(4,5)6/h13-19H,12H2,1-11H3;12-18H,1-11H3. The molecular formula is C63H82O14. The van der Waals surface area contributed by atoms with Crippen molar-refractivity contribution >= 4 is 47.6 Å². The lowest BCUT2D eigenvalue weighted by atomic mass is 9.80. The Balaban J connectivity index is 0.000000405. The number of rotatable bonds is 16. The lowest BCUT2D eigenvalue weighted by Crippen LogP contribution is -2.28. The van der Waals surface area contributed by atoms with Gasteiger partial charge in [-0.15, -0.1) is 0 Å². The van der Waals surface area contributed by atoms with Gasteiger partial charge in [0.1, 0.15) is 11.5 Å². The van der Waals surface area contributed by atoms with Gasteiger partial charge in [0.2, 0.25) is 11.5 Å². The summed E-state index contributed by atoms with van der Waals surface area (Å²) < 4.78 is 45.1. The third-order valence-corrected chi connectivity index (χ3v) is 12.0. The summed E-state index contributed by atoms with van der Waals surface area (Å²) >= 11 is 0. The van der Waals surface area contributed by atoms with Gasteiger partial charge in [0.25, 0.3) is 0 Å². The maximum atomic E-state index is 13.0. The highest BCUT2D eigenvalue weighted by Gasteiger charge is 2.35. The van der Waals surface area contributed by atoms with Gasteiger partial charge in [0, 0.05) is 33.4 Å². The highest BCUT2D eigenvalue weighted by atomic mass is 16.6. The van der Waals surface area contributed by atoms with Crippen molar-refractivity contribution in [2.45, 2.75) is 142 Å². The second kappa shape index (κ2) is 25.3. The quantitative estimate of drug-likeness (QED) is 0.0448. The van der Waals surface area contributed by atoms with Crippen molar-refractivity contribution in [2.75, 3.05) is 28.4 Å². The van der Waals surface area contributed by atoms with Crippen LogP contribution in [-0.2, 0) is 30.0 Å². The van der Waals surface area contributed by atoms with Crippen LogP contribution in [0.4, 0.5) is 0 Å². The summed E-state index contributed by atoms with van der Waals surface area (Å²) in [5.74, 6) is 0.569. The van der Waals surface area contributed by atoms with Gasteiger partial charge >= 0.3 is 23.9 Å². The fourth-order valence-corrected chi connectivity index (χ4v) is 6.69. The smallest absolute Gasteiger partial charge is 0.316 e. The number of hydrogen-bond acceptors (Lipinski definition) is 14. The van der Waals surface area contributed by atoms with Gasteiger partial charge in [-0.2, -0.15) is 0 Å². The number of ketones is 2. The molecule has 0 amide bonds. The van der Waals surface area contributed by atoms with E-state index in [0.29, 0.717) is 56.8 Å². The average Bonchev–Trinajstić information content (AvgIpc) is 3.33. The molecule has 0 radical (unpaired) electrons. The molecular weight excluding hydrogens is 981 g/mol. The van der Waals surface area contributed by atoms with Crippen molar-refractivity contribution < 1.29 is 66.7 Å². The number of allylic oxidation sites excluding steroid dienone is 2. The third-order valence-electron chi connectivity index (χ3n) is 12.0. The number of benzene rings is 4. The highest BCUT2D eigenvalue weighted by molar-refractivity contribution is 6.08. The minimum absolute atomic E-state index is 0.246. The van der Waals surface area contributed by atoms with Crippen LogP contribution >= 0.6 is 0 Å². The zero-order chi connectivity index (χ0) is 58.8. The fourth-order valence-electron chi connectivity index (χ4n) is 6.69. The maximum Gasteiger partial charge on any atom is 0.316 e. The Kier molecular flexibility index (Phi) is 21.0. The maximum absolute atomic E-state index is 13.0. The summed E-state index contributed by atoms with van der Waals surface area (Å²) in [7, 11) is 5.95. The summed E-state index contributed by atoms with van der Waals surface area (Å²) in [5, 5.41) is 0. The van der Waals surface area contributed by atoms with Crippen LogP contribution < -0.4 is 37.9 Å². The topological polar surface area (TPSA) is 176 Å². The van der Waals surface area contributed by atoms with Crippen LogP contribution in [0.25, 0.3) is 12.2 Å². The summed E-state index contributed by atoms with van der Waals surface area (Å²) in [6.07, 6.45) is 6.93. The molecule has 0 aromatic heterocycles. The first-order valence-electron chi connectivity index (χ1n) is 25.5. The van der Waals surface area contributed by atoms with E-state index >= 15 is 0 Å². The second-order valence-electron chi connectivity index (χ2n) is 24.3. The van der Waals surface area contributed by atoms with Crippen LogP contribution in [0, 0.1) is 21.7 Å². The zero-order valence-corrected chi connectivity index (χ0v) is 49.5. The SMILES string of the molecule is CCC(C)(C)c1cc(C=CC(=O)c2ccc(OC(=O)C(C)(C)C)cc2)c(OC)c(OC)c1OC(=O)C(C)(C)C.COc1c(C=CC(=O)c2ccc(OC(=O)C(C)(C)C)cc2)cc(C(C)(C)C)c(OC(=O)C(C)(C)C)c1OC. The van der Waals surface area contributed by atoms with Crippen molar-refractivity contribution in [1.29, 1.82) is 0 Å². The van der Waals surface area contributed by atoms with E-state index in [-0.39, 0.29) is 40.4 Å². The minimum Gasteiger partial charge on any atom is -0.492 e. The van der Waals surface area contributed by atoms with E-state index in [1.54, 1.807) is 144 Å². The molecule has 77 heavy (non-hydrogen) atoms. The van der Waals surface area contributed by atoms with E-state index in [1.165, 1.54) is 40.6 Å². The molecule has 0 heterocycles. The van der Waals surface area contributed by atoms with E-state index in [2.05, 4.69) is 13.8 Å². The second-order valence-corrected chi connectivity index (χ2v) is 24.3. The molecule has 0 unspecified atom stereocenters. The van der Waals surface area contributed by atoms with Crippen LogP contribution in [0.1, 0.15) is 174 Å². The first kappa shape index (κ1) is 64.1. The van der Waals surface area contributed by atoms with E-state index in [0.717, 1.165) is 17.5 Å². The van der Waals surface area contributed by atoms with Crippen LogP contribution in [0.2, 0.25) is 0 Å². The van der Waals surface area contributed by atoms with Crippen LogP contribution in [-0.4, -0.2) is 63.9 Å². The molecule has 0 N–H and O–H groups in total. The largest absolute Gasteiger partial charge is 0.492 e. The average molecular weight is 1060 g/mol. The van der Waals surface area contributed by atoms with Crippen LogP contribution in [0.3, 0.4) is 0 Å². The Labute approximate surface area is 456 Å². The molecule has 0 saturated carbocycles. The van der Waals surface area contributed by atoms with Gasteiger partial charge < -0.3 is 37.9 Å². The Morgan fingerprint density at radius 3 is 0.948 bits per heavy atom. The summed E-state index contributed by atoms with van der Waals surface area (Å²) in [4.78, 5) is 75.8. The molecule has 14 nitrogen and oxygen atoms in total. The predicted molar refractivity (Wildman–Crippen MR) is 301 cm³/mol. The van der Waals surface area contributed by atoms with Gasteiger partial charge in [-0.25, -0.2) is 0 Å². The van der Waals surface area contributed by atoms with E-state index in [1.807, 2.05) is 39.8 Å². The number of carbonyl (C=O) groups excluding carboxylic acids is 6. The Bertz CT molecular complexity index is 2840. The molecule has 14 heteroatoms. The van der Waals surface area contributed by atoms with Crippen molar-refractivity contribution in [3.05, 3.63) is 106 Å². The van der Waals surface area contributed by atoms with Crippen molar-refractivity contribution in [3.8, 4) is 46.0 Å². The third kappa shape index (κ3) is 17.1. The number of carbonyl (C=O) groups is 6. The monoisotopic (exact) mass is 1060 g/mol. The molecule has 0 spiro atoms. The molecule has 4 aromatic carbocycles. The van der Waals surface area contributed by atoms with Crippen LogP contribution in [0.5, 0.6) is 46.0 Å². The summed E-state index contributed by atoms with van der Waals surface area (Å²) in [6, 6.07) is 16.5. The Morgan fingerprint density at radius 1 is 0.390 bits per heavy atom. The zero-order valence-electron chi connectivity index (χ0n) is 49.5. The van der Waals surface area contributed by atoms with Crippen LogP contribution in [0.15, 0.2) is 72.8 Å². The minimum atomic E-state index is -0.725. The normalized spacial score (nSPS) is 12.3. The number of hydrogen-bond donors (Lipinski definition) is 0. The van der Waals surface area contributed by atoms with Crippen molar-refractivity contribution in [1.82, 2.24) is 0 Å². The number of esters is 4. The molecule has 418 valence electrons. The molecule has 4 rings (SSSR count). The predicted octanol–water partition coefficient (Wildman–Crippen LogP) is 14.0.